The number of hydrogen-bond donors (Lipinski definition) is 1. The summed E-state index contributed by atoms with van der Waals surface area (Å²) in [7, 11) is 0. The molecule has 0 bridgehead atoms. The van der Waals surface area contributed by atoms with Gasteiger partial charge in [0.15, 0.2) is 11.4 Å². The van der Waals surface area contributed by atoms with Crippen molar-refractivity contribution in [3.63, 3.8) is 0 Å². The number of pyridine rings is 1. The normalized spacial score (nSPS) is 11.3. The van der Waals surface area contributed by atoms with Crippen molar-refractivity contribution >= 4 is 10.8 Å². The molecule has 2 heterocycles. The van der Waals surface area contributed by atoms with Crippen LogP contribution in [-0.4, -0.2) is 15.1 Å². The van der Waals surface area contributed by atoms with E-state index in [1.165, 1.54) is 6.26 Å². The first-order valence-electron chi connectivity index (χ1n) is 6.20. The summed E-state index contributed by atoms with van der Waals surface area (Å²) in [4.78, 5) is 8.60. The zero-order valence-corrected chi connectivity index (χ0v) is 10.8. The van der Waals surface area contributed by atoms with Crippen LogP contribution in [0.2, 0.25) is 0 Å². The molecule has 1 aromatic carbocycles. The van der Waals surface area contributed by atoms with Gasteiger partial charge in [-0.15, -0.1) is 0 Å². The Labute approximate surface area is 110 Å². The van der Waals surface area contributed by atoms with Gasteiger partial charge in [0.2, 0.25) is 5.89 Å². The lowest BCUT2D eigenvalue weighted by atomic mass is 10.0. The van der Waals surface area contributed by atoms with E-state index >= 15 is 0 Å². The molecular formula is C15H14N2O2. The summed E-state index contributed by atoms with van der Waals surface area (Å²) in [5, 5.41) is 12.1. The lowest BCUT2D eigenvalue weighted by Crippen LogP contribution is -1.98. The van der Waals surface area contributed by atoms with E-state index in [0.717, 1.165) is 16.5 Å². The highest BCUT2D eigenvalue weighted by atomic mass is 16.3. The molecule has 3 aromatic rings. The fraction of sp³-hybridized carbons (Fsp3) is 0.200. The van der Waals surface area contributed by atoms with E-state index in [4.69, 9.17) is 4.42 Å². The smallest absolute Gasteiger partial charge is 0.248 e. The van der Waals surface area contributed by atoms with Crippen molar-refractivity contribution in [1.29, 1.82) is 0 Å². The van der Waals surface area contributed by atoms with Crippen LogP contribution in [0.1, 0.15) is 25.5 Å². The number of hydrogen-bond acceptors (Lipinski definition) is 4. The van der Waals surface area contributed by atoms with E-state index in [9.17, 15) is 5.11 Å². The van der Waals surface area contributed by atoms with Crippen LogP contribution in [0.3, 0.4) is 0 Å². The molecule has 3 rings (SSSR count). The molecule has 0 fully saturated rings. The number of oxazole rings is 1. The van der Waals surface area contributed by atoms with E-state index in [2.05, 4.69) is 23.8 Å². The third-order valence-electron chi connectivity index (χ3n) is 3.10. The standard InChI is InChI=1S/C15H14N2O2/c1-9(2)12-10-5-3-4-6-11(10)14(18)13(17-12)15-16-7-8-19-15/h3-9,18H,1-2H3. The monoisotopic (exact) mass is 254 g/mol. The Kier molecular flexibility index (Phi) is 2.71. The van der Waals surface area contributed by atoms with Gasteiger partial charge in [0.1, 0.15) is 6.26 Å². The van der Waals surface area contributed by atoms with Crippen molar-refractivity contribution in [3.8, 4) is 17.3 Å². The molecular weight excluding hydrogens is 240 g/mol. The molecule has 0 aliphatic carbocycles. The predicted molar refractivity (Wildman–Crippen MR) is 73.0 cm³/mol. The van der Waals surface area contributed by atoms with Gasteiger partial charge >= 0.3 is 0 Å². The Morgan fingerprint density at radius 2 is 1.89 bits per heavy atom. The zero-order valence-electron chi connectivity index (χ0n) is 10.8. The minimum absolute atomic E-state index is 0.113. The third-order valence-corrected chi connectivity index (χ3v) is 3.10. The Morgan fingerprint density at radius 1 is 1.16 bits per heavy atom. The quantitative estimate of drug-likeness (QED) is 0.757. The average Bonchev–Trinajstić information content (AvgIpc) is 2.93. The van der Waals surface area contributed by atoms with Gasteiger partial charge in [-0.1, -0.05) is 38.1 Å². The Morgan fingerprint density at radius 3 is 2.53 bits per heavy atom. The van der Waals surface area contributed by atoms with Crippen molar-refractivity contribution in [3.05, 3.63) is 42.4 Å². The minimum Gasteiger partial charge on any atom is -0.505 e. The van der Waals surface area contributed by atoms with Gasteiger partial charge in [-0.2, -0.15) is 0 Å². The fourth-order valence-corrected chi connectivity index (χ4v) is 2.20. The second-order valence-electron chi connectivity index (χ2n) is 4.73. The van der Waals surface area contributed by atoms with Gasteiger partial charge < -0.3 is 9.52 Å². The Bertz CT molecular complexity index is 718. The summed E-state index contributed by atoms with van der Waals surface area (Å²) in [6.45, 7) is 4.15. The van der Waals surface area contributed by atoms with Gasteiger partial charge in [-0.25, -0.2) is 9.97 Å². The molecule has 0 spiro atoms. The molecule has 0 saturated heterocycles. The summed E-state index contributed by atoms with van der Waals surface area (Å²) in [5.41, 5.74) is 1.33. The van der Waals surface area contributed by atoms with Crippen LogP contribution in [0.5, 0.6) is 5.75 Å². The van der Waals surface area contributed by atoms with Crippen LogP contribution in [0.25, 0.3) is 22.4 Å². The summed E-state index contributed by atoms with van der Waals surface area (Å²) in [6, 6.07) is 7.69. The lowest BCUT2D eigenvalue weighted by molar-refractivity contribution is 0.475. The molecule has 19 heavy (non-hydrogen) atoms. The molecule has 4 nitrogen and oxygen atoms in total. The first kappa shape index (κ1) is 11.7. The maximum atomic E-state index is 10.4. The van der Waals surface area contributed by atoms with E-state index in [0.29, 0.717) is 11.6 Å². The summed E-state index contributed by atoms with van der Waals surface area (Å²) >= 11 is 0. The van der Waals surface area contributed by atoms with E-state index < -0.39 is 0 Å². The van der Waals surface area contributed by atoms with Gasteiger partial charge in [-0.05, 0) is 5.92 Å². The molecule has 0 saturated carbocycles. The highest BCUT2D eigenvalue weighted by molar-refractivity contribution is 5.94. The topological polar surface area (TPSA) is 59.2 Å². The number of fused-ring (bicyclic) bond motifs is 1. The van der Waals surface area contributed by atoms with Gasteiger partial charge in [0.05, 0.1) is 11.9 Å². The molecule has 0 amide bonds. The highest BCUT2D eigenvalue weighted by Crippen LogP contribution is 2.36. The first-order valence-corrected chi connectivity index (χ1v) is 6.20. The van der Waals surface area contributed by atoms with Crippen LogP contribution >= 0.6 is 0 Å². The van der Waals surface area contributed by atoms with Crippen LogP contribution in [0.15, 0.2) is 41.1 Å². The Balaban J connectivity index is 2.39. The van der Waals surface area contributed by atoms with Crippen molar-refractivity contribution in [2.24, 2.45) is 0 Å². The van der Waals surface area contributed by atoms with Crippen molar-refractivity contribution in [2.45, 2.75) is 19.8 Å². The van der Waals surface area contributed by atoms with Crippen molar-refractivity contribution < 1.29 is 9.52 Å². The molecule has 0 radical (unpaired) electrons. The second-order valence-corrected chi connectivity index (χ2v) is 4.73. The number of aromatic nitrogens is 2. The third kappa shape index (κ3) is 1.85. The average molecular weight is 254 g/mol. The molecule has 0 aliphatic rings. The van der Waals surface area contributed by atoms with Gasteiger partial charge in [-0.3, -0.25) is 0 Å². The largest absolute Gasteiger partial charge is 0.505 e. The number of nitrogens with zero attached hydrogens (tertiary/aromatic N) is 2. The van der Waals surface area contributed by atoms with Crippen LogP contribution in [0, 0.1) is 0 Å². The van der Waals surface area contributed by atoms with Crippen LogP contribution in [0.4, 0.5) is 0 Å². The molecule has 0 aliphatic heterocycles. The van der Waals surface area contributed by atoms with Crippen LogP contribution in [-0.2, 0) is 0 Å². The maximum absolute atomic E-state index is 10.4. The number of rotatable bonds is 2. The molecule has 0 atom stereocenters. The fourth-order valence-electron chi connectivity index (χ4n) is 2.20. The van der Waals surface area contributed by atoms with E-state index in [1.807, 2.05) is 24.3 Å². The number of benzene rings is 1. The number of aromatic hydroxyl groups is 1. The van der Waals surface area contributed by atoms with Crippen LogP contribution < -0.4 is 0 Å². The predicted octanol–water partition coefficient (Wildman–Crippen LogP) is 3.72. The zero-order chi connectivity index (χ0) is 13.4. The molecule has 2 aromatic heterocycles. The van der Waals surface area contributed by atoms with Gasteiger partial charge in [0, 0.05) is 10.8 Å². The summed E-state index contributed by atoms with van der Waals surface area (Å²) < 4.78 is 5.25. The highest BCUT2D eigenvalue weighted by Gasteiger charge is 2.18. The minimum atomic E-state index is 0.113. The first-order chi connectivity index (χ1) is 9.18. The lowest BCUT2D eigenvalue weighted by Gasteiger charge is -2.12. The molecule has 1 N–H and O–H groups in total. The summed E-state index contributed by atoms with van der Waals surface area (Å²) in [5.74, 6) is 0.701. The SMILES string of the molecule is CC(C)c1nc(-c2ncco2)c(O)c2ccccc12. The maximum Gasteiger partial charge on any atom is 0.248 e. The molecule has 96 valence electrons. The van der Waals surface area contributed by atoms with Gasteiger partial charge in [0.25, 0.3) is 0 Å². The van der Waals surface area contributed by atoms with E-state index in [1.54, 1.807) is 6.20 Å². The van der Waals surface area contributed by atoms with Crippen molar-refractivity contribution in [2.75, 3.05) is 0 Å². The Hall–Kier alpha value is -2.36. The van der Waals surface area contributed by atoms with Crippen molar-refractivity contribution in [1.82, 2.24) is 9.97 Å². The molecule has 0 unspecified atom stereocenters. The molecule has 4 heteroatoms. The second kappa shape index (κ2) is 4.39. The van der Waals surface area contributed by atoms with E-state index in [-0.39, 0.29) is 11.7 Å². The summed E-state index contributed by atoms with van der Waals surface area (Å²) in [6.07, 6.45) is 3.02.